The Morgan fingerprint density at radius 2 is 2.30 bits per heavy atom. The molecule has 1 aliphatic carbocycles. The lowest BCUT2D eigenvalue weighted by molar-refractivity contribution is -0.138. The summed E-state index contributed by atoms with van der Waals surface area (Å²) < 4.78 is 72.8. The number of rotatable bonds is 4. The Kier molecular flexibility index (Phi) is 2.95. The van der Waals surface area contributed by atoms with Crippen molar-refractivity contribution in [2.45, 2.75) is 25.6 Å². The van der Waals surface area contributed by atoms with Gasteiger partial charge in [-0.1, -0.05) is 0 Å². The lowest BCUT2D eigenvalue weighted by Gasteiger charge is -2.18. The number of halogens is 4. The van der Waals surface area contributed by atoms with E-state index in [0.29, 0.717) is 24.0 Å². The largest absolute Gasteiger partial charge is 0.417 e. The summed E-state index contributed by atoms with van der Waals surface area (Å²) in [4.78, 5) is 15.2. The summed E-state index contributed by atoms with van der Waals surface area (Å²) in [6.07, 6.45) is -3.14. The molecule has 1 aromatic heterocycles. The van der Waals surface area contributed by atoms with E-state index < -0.39 is 48.6 Å². The van der Waals surface area contributed by atoms with Gasteiger partial charge in [-0.05, 0) is 18.9 Å². The van der Waals surface area contributed by atoms with Gasteiger partial charge in [0.15, 0.2) is 0 Å². The first-order chi connectivity index (χ1) is 10.5. The van der Waals surface area contributed by atoms with Gasteiger partial charge in [-0.2, -0.15) is 13.2 Å². The van der Waals surface area contributed by atoms with Gasteiger partial charge >= 0.3 is 6.18 Å². The van der Waals surface area contributed by atoms with Gasteiger partial charge in [0.25, 0.3) is 0 Å². The standard InChI is InChI=1S/C12H13F4N3O/c1-19(11(20)7-2-3-7)18-6-10-9(13)4-8(5-17-10)12(14,15)16/h4-5,7,18H,2-3,6H2,1H3/i1D3. The second-order valence-corrected chi connectivity index (χ2v) is 4.43. The van der Waals surface area contributed by atoms with Crippen LogP contribution in [0.3, 0.4) is 0 Å². The molecular formula is C12H13F4N3O. The molecule has 0 saturated heterocycles. The molecule has 1 N–H and O–H groups in total. The number of aromatic nitrogens is 1. The molecule has 0 spiro atoms. The third-order valence-corrected chi connectivity index (χ3v) is 2.80. The zero-order valence-corrected chi connectivity index (χ0v) is 10.2. The molecule has 0 radical (unpaired) electrons. The summed E-state index contributed by atoms with van der Waals surface area (Å²) in [6, 6.07) is 0.270. The number of carbonyl (C=O) groups excluding carboxylic acids is 1. The minimum atomic E-state index is -4.73. The highest BCUT2D eigenvalue weighted by Crippen LogP contribution is 2.30. The van der Waals surface area contributed by atoms with Gasteiger partial charge < -0.3 is 0 Å². The van der Waals surface area contributed by atoms with Gasteiger partial charge in [0.2, 0.25) is 5.91 Å². The molecule has 1 aliphatic rings. The van der Waals surface area contributed by atoms with Crippen LogP contribution in [0.5, 0.6) is 0 Å². The highest BCUT2D eigenvalue weighted by molar-refractivity contribution is 5.80. The number of carbonyl (C=O) groups is 1. The second kappa shape index (κ2) is 5.35. The number of nitrogens with one attached hydrogen (secondary N) is 1. The van der Waals surface area contributed by atoms with Crippen LogP contribution in [-0.2, 0) is 17.5 Å². The molecule has 20 heavy (non-hydrogen) atoms. The fourth-order valence-corrected chi connectivity index (χ4v) is 1.50. The quantitative estimate of drug-likeness (QED) is 0.683. The monoisotopic (exact) mass is 294 g/mol. The molecular weight excluding hydrogens is 278 g/mol. The Bertz CT molecular complexity index is 602. The molecule has 0 aromatic carbocycles. The molecule has 4 nitrogen and oxygen atoms in total. The van der Waals surface area contributed by atoms with Crippen molar-refractivity contribution in [3.8, 4) is 0 Å². The van der Waals surface area contributed by atoms with Crippen molar-refractivity contribution in [2.75, 3.05) is 6.98 Å². The van der Waals surface area contributed by atoms with Gasteiger partial charge in [-0.25, -0.2) is 9.82 Å². The molecule has 0 unspecified atom stereocenters. The van der Waals surface area contributed by atoms with E-state index in [1.807, 2.05) is 0 Å². The topological polar surface area (TPSA) is 45.2 Å². The van der Waals surface area contributed by atoms with Gasteiger partial charge in [0.1, 0.15) is 5.82 Å². The summed E-state index contributed by atoms with van der Waals surface area (Å²) in [5.74, 6) is -2.29. The fraction of sp³-hybridized carbons (Fsp3) is 0.500. The fourth-order valence-electron chi connectivity index (χ4n) is 1.50. The highest BCUT2D eigenvalue weighted by Gasteiger charge is 2.33. The van der Waals surface area contributed by atoms with Crippen LogP contribution in [0.15, 0.2) is 12.3 Å². The summed E-state index contributed by atoms with van der Waals surface area (Å²) in [6.45, 7) is -3.32. The average molecular weight is 294 g/mol. The maximum Gasteiger partial charge on any atom is 0.417 e. The first-order valence-electron chi connectivity index (χ1n) is 7.29. The predicted molar refractivity (Wildman–Crippen MR) is 61.5 cm³/mol. The third kappa shape index (κ3) is 3.44. The highest BCUT2D eigenvalue weighted by atomic mass is 19.4. The minimum absolute atomic E-state index is 0.270. The van der Waals surface area contributed by atoms with E-state index in [-0.39, 0.29) is 6.07 Å². The van der Waals surface area contributed by atoms with Gasteiger partial charge in [-0.15, -0.1) is 0 Å². The van der Waals surface area contributed by atoms with Gasteiger partial charge in [0.05, 0.1) is 17.8 Å². The van der Waals surface area contributed by atoms with Crippen molar-refractivity contribution in [3.63, 3.8) is 0 Å². The number of amides is 1. The van der Waals surface area contributed by atoms with E-state index in [2.05, 4.69) is 10.4 Å². The molecule has 1 saturated carbocycles. The zero-order valence-electron chi connectivity index (χ0n) is 13.2. The lowest BCUT2D eigenvalue weighted by atomic mass is 10.2. The van der Waals surface area contributed by atoms with Crippen LogP contribution in [0.1, 0.15) is 28.2 Å². The van der Waals surface area contributed by atoms with Crippen LogP contribution < -0.4 is 5.43 Å². The number of hydrazine groups is 1. The Morgan fingerprint density at radius 3 is 2.80 bits per heavy atom. The maximum atomic E-state index is 13.7. The Labute approximate surface area is 117 Å². The predicted octanol–water partition coefficient (Wildman–Crippen LogP) is 2.11. The van der Waals surface area contributed by atoms with E-state index in [1.54, 1.807) is 0 Å². The van der Waals surface area contributed by atoms with E-state index in [4.69, 9.17) is 4.11 Å². The Hall–Kier alpha value is -1.70. The number of pyridine rings is 1. The third-order valence-electron chi connectivity index (χ3n) is 2.80. The summed E-state index contributed by atoms with van der Waals surface area (Å²) in [7, 11) is 0. The van der Waals surface area contributed by atoms with Crippen molar-refractivity contribution < 1.29 is 26.5 Å². The van der Waals surface area contributed by atoms with Crippen LogP contribution in [-0.4, -0.2) is 22.9 Å². The molecule has 2 rings (SSSR count). The van der Waals surface area contributed by atoms with Crippen molar-refractivity contribution in [3.05, 3.63) is 29.3 Å². The normalized spacial score (nSPS) is 18.1. The molecule has 1 fully saturated rings. The van der Waals surface area contributed by atoms with Gasteiger partial charge in [0, 0.05) is 23.2 Å². The SMILES string of the molecule is [2H]C([2H])([2H])N(NCc1ncc(C(F)(F)F)cc1F)C(=O)C1CC1. The van der Waals surface area contributed by atoms with Crippen LogP contribution in [0.25, 0.3) is 0 Å². The number of hydrogen-bond acceptors (Lipinski definition) is 3. The van der Waals surface area contributed by atoms with Crippen molar-refractivity contribution in [1.82, 2.24) is 15.4 Å². The zero-order chi connectivity index (χ0) is 17.4. The summed E-state index contributed by atoms with van der Waals surface area (Å²) in [5.41, 5.74) is 0.564. The minimum Gasteiger partial charge on any atom is -0.281 e. The van der Waals surface area contributed by atoms with E-state index in [1.165, 1.54) is 0 Å². The van der Waals surface area contributed by atoms with Gasteiger partial charge in [-0.3, -0.25) is 14.8 Å². The van der Waals surface area contributed by atoms with E-state index in [0.717, 1.165) is 0 Å². The molecule has 0 aliphatic heterocycles. The molecule has 1 heterocycles. The second-order valence-electron chi connectivity index (χ2n) is 4.43. The van der Waals surface area contributed by atoms with Crippen molar-refractivity contribution in [2.24, 2.45) is 5.92 Å². The van der Waals surface area contributed by atoms with Crippen molar-refractivity contribution >= 4 is 5.91 Å². The van der Waals surface area contributed by atoms with Crippen LogP contribution in [0.2, 0.25) is 0 Å². The lowest BCUT2D eigenvalue weighted by Crippen LogP contribution is -2.40. The summed E-state index contributed by atoms with van der Waals surface area (Å²) >= 11 is 0. The summed E-state index contributed by atoms with van der Waals surface area (Å²) in [5, 5.41) is 0.406. The Balaban J connectivity index is 2.10. The molecule has 0 atom stereocenters. The maximum absolute atomic E-state index is 13.7. The molecule has 0 bridgehead atoms. The number of alkyl halides is 3. The van der Waals surface area contributed by atoms with Crippen LogP contribution in [0, 0.1) is 11.7 Å². The number of hydrogen-bond donors (Lipinski definition) is 1. The van der Waals surface area contributed by atoms with E-state index in [9.17, 15) is 22.4 Å². The first kappa shape index (κ1) is 11.0. The molecule has 8 heteroatoms. The Morgan fingerprint density at radius 1 is 1.60 bits per heavy atom. The first-order valence-corrected chi connectivity index (χ1v) is 5.79. The van der Waals surface area contributed by atoms with Crippen molar-refractivity contribution in [1.29, 1.82) is 0 Å². The van der Waals surface area contributed by atoms with Crippen LogP contribution >= 0.6 is 0 Å². The average Bonchev–Trinajstić information content (AvgIpc) is 3.21. The molecule has 1 aromatic rings. The molecule has 1 amide bonds. The molecule has 110 valence electrons. The van der Waals surface area contributed by atoms with E-state index >= 15 is 0 Å². The van der Waals surface area contributed by atoms with Crippen LogP contribution in [0.4, 0.5) is 17.6 Å². The smallest absolute Gasteiger partial charge is 0.281 e. The number of nitrogens with zero attached hydrogens (tertiary/aromatic N) is 2.